The smallest absolute Gasteiger partial charge is 0.287 e. The van der Waals surface area contributed by atoms with Gasteiger partial charge in [-0.2, -0.15) is 0 Å². The van der Waals surface area contributed by atoms with Gasteiger partial charge in [0.1, 0.15) is 23.6 Å². The molecule has 2 heterocycles. The van der Waals surface area contributed by atoms with E-state index in [-0.39, 0.29) is 0 Å². The first-order valence-corrected chi connectivity index (χ1v) is 5.41. The lowest BCUT2D eigenvalue weighted by atomic mass is 10.3. The topological polar surface area (TPSA) is 58.0 Å². The van der Waals surface area contributed by atoms with Gasteiger partial charge in [0.2, 0.25) is 0 Å². The van der Waals surface area contributed by atoms with Crippen LogP contribution in [0.2, 0.25) is 0 Å². The van der Waals surface area contributed by atoms with Gasteiger partial charge in [0.05, 0.1) is 11.9 Å². The molecule has 16 heavy (non-hydrogen) atoms. The van der Waals surface area contributed by atoms with Crippen molar-refractivity contribution in [3.05, 3.63) is 17.8 Å². The van der Waals surface area contributed by atoms with Crippen LogP contribution in [0.15, 0.2) is 17.8 Å². The first-order valence-electron chi connectivity index (χ1n) is 4.53. The van der Waals surface area contributed by atoms with Gasteiger partial charge in [0.15, 0.2) is 0 Å². The van der Waals surface area contributed by atoms with Crippen molar-refractivity contribution in [2.75, 3.05) is 18.5 Å². The Balaban J connectivity index is 2.18. The Kier molecular flexibility index (Phi) is 2.97. The van der Waals surface area contributed by atoms with E-state index in [0.29, 0.717) is 11.2 Å². The molecule has 0 radical (unpaired) electrons. The number of hydrogen-bond acceptors (Lipinski definition) is 5. The fourth-order valence-corrected chi connectivity index (χ4v) is 1.93. The van der Waals surface area contributed by atoms with Crippen LogP contribution in [0, 0.1) is 0 Å². The van der Waals surface area contributed by atoms with Crippen LogP contribution in [0.1, 0.15) is 0 Å². The first kappa shape index (κ1) is 11.2. The molecule has 0 saturated carbocycles. The molecule has 2 N–H and O–H groups in total. The summed E-state index contributed by atoms with van der Waals surface area (Å²) in [6, 6.07) is 1.76. The van der Waals surface area contributed by atoms with Crippen molar-refractivity contribution in [3.8, 4) is 0 Å². The third-order valence-electron chi connectivity index (χ3n) is 2.01. The van der Waals surface area contributed by atoms with Crippen molar-refractivity contribution < 1.29 is 13.9 Å². The molecule has 2 aromatic heterocycles. The number of fused-ring (bicyclic) bond motifs is 1. The Labute approximate surface area is 94.0 Å². The number of thiophene rings is 1. The maximum atomic E-state index is 12.8. The molecular weight excluding hydrogens is 236 g/mol. The molecule has 4 nitrogen and oxygen atoms in total. The zero-order valence-electron chi connectivity index (χ0n) is 8.15. The van der Waals surface area contributed by atoms with E-state index in [4.69, 9.17) is 5.11 Å². The van der Waals surface area contributed by atoms with Gasteiger partial charge in [-0.15, -0.1) is 11.3 Å². The molecule has 0 unspecified atom stereocenters. The summed E-state index contributed by atoms with van der Waals surface area (Å²) in [5.74, 6) is -2.79. The molecule has 0 aliphatic carbocycles. The molecule has 0 fully saturated rings. The van der Waals surface area contributed by atoms with Gasteiger partial charge in [0.25, 0.3) is 5.92 Å². The van der Waals surface area contributed by atoms with E-state index in [1.54, 1.807) is 6.07 Å². The molecule has 0 bridgehead atoms. The molecule has 0 saturated heterocycles. The highest BCUT2D eigenvalue weighted by Crippen LogP contribution is 2.24. The van der Waals surface area contributed by atoms with E-state index < -0.39 is 19.1 Å². The number of halogens is 2. The molecule has 0 aliphatic rings. The lowest BCUT2D eigenvalue weighted by Gasteiger charge is -2.14. The number of alkyl halides is 2. The lowest BCUT2D eigenvalue weighted by Crippen LogP contribution is -2.31. The zero-order valence-corrected chi connectivity index (χ0v) is 8.97. The predicted molar refractivity (Wildman–Crippen MR) is 57.9 cm³/mol. The Morgan fingerprint density at radius 1 is 1.44 bits per heavy atom. The summed E-state index contributed by atoms with van der Waals surface area (Å²) in [7, 11) is 0. The van der Waals surface area contributed by atoms with Crippen LogP contribution in [0.4, 0.5) is 14.6 Å². The van der Waals surface area contributed by atoms with Gasteiger partial charge < -0.3 is 10.4 Å². The van der Waals surface area contributed by atoms with Crippen molar-refractivity contribution in [1.82, 2.24) is 9.97 Å². The Bertz CT molecular complexity index is 488. The number of aliphatic hydroxyl groups excluding tert-OH is 1. The number of nitrogens with one attached hydrogen (secondary N) is 1. The monoisotopic (exact) mass is 245 g/mol. The van der Waals surface area contributed by atoms with E-state index >= 15 is 0 Å². The van der Waals surface area contributed by atoms with Gasteiger partial charge in [0, 0.05) is 0 Å². The quantitative estimate of drug-likeness (QED) is 0.861. The highest BCUT2D eigenvalue weighted by atomic mass is 32.1. The number of aliphatic hydroxyl groups is 1. The number of anilines is 1. The van der Waals surface area contributed by atoms with Gasteiger partial charge in [-0.1, -0.05) is 0 Å². The van der Waals surface area contributed by atoms with E-state index in [1.165, 1.54) is 17.7 Å². The maximum absolute atomic E-state index is 12.8. The second-order valence-corrected chi connectivity index (χ2v) is 4.12. The van der Waals surface area contributed by atoms with Crippen molar-refractivity contribution in [2.45, 2.75) is 5.92 Å². The predicted octanol–water partition coefficient (Wildman–Crippen LogP) is 1.73. The molecular formula is C9H9F2N3OS. The number of rotatable bonds is 4. The fraction of sp³-hybridized carbons (Fsp3) is 0.333. The molecule has 7 heteroatoms. The van der Waals surface area contributed by atoms with Crippen LogP contribution in [0.5, 0.6) is 0 Å². The van der Waals surface area contributed by atoms with Crippen LogP contribution in [-0.4, -0.2) is 34.1 Å². The van der Waals surface area contributed by atoms with Crippen LogP contribution in [0.3, 0.4) is 0 Å². The number of aromatic nitrogens is 2. The molecule has 0 atom stereocenters. The summed E-state index contributed by atoms with van der Waals surface area (Å²) in [6.07, 6.45) is 1.32. The molecule has 0 aromatic carbocycles. The standard InChI is InChI=1S/C9H9F2N3OS/c10-9(11,4-15)3-12-7-6-1-2-16-8(6)14-5-13-7/h1-2,5,15H,3-4H2,(H,12,13,14). The Hall–Kier alpha value is -1.34. The van der Waals surface area contributed by atoms with Crippen molar-refractivity contribution in [3.63, 3.8) is 0 Å². The third-order valence-corrected chi connectivity index (χ3v) is 2.83. The van der Waals surface area contributed by atoms with Crippen LogP contribution in [-0.2, 0) is 0 Å². The maximum Gasteiger partial charge on any atom is 0.287 e. The summed E-state index contributed by atoms with van der Waals surface area (Å²) in [5, 5.41) is 13.5. The van der Waals surface area contributed by atoms with Gasteiger partial charge in [-0.05, 0) is 11.4 Å². The minimum absolute atomic E-state index is 0.361. The minimum Gasteiger partial charge on any atom is -0.390 e. The van der Waals surface area contributed by atoms with E-state index in [2.05, 4.69) is 15.3 Å². The van der Waals surface area contributed by atoms with E-state index in [0.717, 1.165) is 4.83 Å². The summed E-state index contributed by atoms with van der Waals surface area (Å²) in [6.45, 7) is -1.83. The largest absolute Gasteiger partial charge is 0.390 e. The average molecular weight is 245 g/mol. The summed E-state index contributed by atoms with van der Waals surface area (Å²) >= 11 is 1.41. The first-order chi connectivity index (χ1) is 7.62. The number of nitrogens with zero attached hydrogens (tertiary/aromatic N) is 2. The lowest BCUT2D eigenvalue weighted by molar-refractivity contribution is -0.0373. The molecule has 2 rings (SSSR count). The van der Waals surface area contributed by atoms with Crippen LogP contribution in [0.25, 0.3) is 10.2 Å². The SMILES string of the molecule is OCC(F)(F)CNc1ncnc2sccc12. The van der Waals surface area contributed by atoms with Gasteiger partial charge in [-0.25, -0.2) is 18.7 Å². The van der Waals surface area contributed by atoms with Crippen molar-refractivity contribution in [2.24, 2.45) is 0 Å². The molecule has 0 aliphatic heterocycles. The Morgan fingerprint density at radius 2 is 2.25 bits per heavy atom. The minimum atomic E-state index is -3.15. The van der Waals surface area contributed by atoms with Gasteiger partial charge >= 0.3 is 0 Å². The van der Waals surface area contributed by atoms with E-state index in [9.17, 15) is 8.78 Å². The Morgan fingerprint density at radius 3 is 3.00 bits per heavy atom. The zero-order chi connectivity index (χ0) is 11.6. The second-order valence-electron chi connectivity index (χ2n) is 3.23. The van der Waals surface area contributed by atoms with Crippen LogP contribution >= 0.6 is 11.3 Å². The van der Waals surface area contributed by atoms with Crippen molar-refractivity contribution in [1.29, 1.82) is 0 Å². The van der Waals surface area contributed by atoms with E-state index in [1.807, 2.05) is 5.38 Å². The van der Waals surface area contributed by atoms with Crippen LogP contribution < -0.4 is 5.32 Å². The highest BCUT2D eigenvalue weighted by molar-refractivity contribution is 7.16. The molecule has 0 amide bonds. The van der Waals surface area contributed by atoms with Gasteiger partial charge in [-0.3, -0.25) is 0 Å². The van der Waals surface area contributed by atoms with Crippen molar-refractivity contribution >= 4 is 27.4 Å². The molecule has 0 spiro atoms. The third kappa shape index (κ3) is 2.25. The second kappa shape index (κ2) is 4.26. The average Bonchev–Trinajstić information content (AvgIpc) is 2.75. The highest BCUT2D eigenvalue weighted by Gasteiger charge is 2.27. The fourth-order valence-electron chi connectivity index (χ4n) is 1.20. The summed E-state index contributed by atoms with van der Waals surface area (Å²) in [4.78, 5) is 8.62. The summed E-state index contributed by atoms with van der Waals surface area (Å²) < 4.78 is 25.6. The number of hydrogen-bond donors (Lipinski definition) is 2. The molecule has 86 valence electrons. The summed E-state index contributed by atoms with van der Waals surface area (Å²) in [5.41, 5.74) is 0. The molecule has 2 aromatic rings. The normalized spacial score (nSPS) is 11.9.